The molecule has 2 rings (SSSR count). The van der Waals surface area contributed by atoms with Crippen LogP contribution in [0.15, 0.2) is 12.1 Å². The fourth-order valence-electron chi connectivity index (χ4n) is 1.99. The highest BCUT2D eigenvalue weighted by atomic mass is 32.1. The molecule has 1 saturated heterocycles. The van der Waals surface area contributed by atoms with Gasteiger partial charge < -0.3 is 10.6 Å². The summed E-state index contributed by atoms with van der Waals surface area (Å²) in [5, 5.41) is 6.30. The topological polar surface area (TPSA) is 41.1 Å². The number of carbonyl (C=O) groups is 1. The number of thiophene rings is 1. The highest BCUT2D eigenvalue weighted by molar-refractivity contribution is 7.11. The number of rotatable bonds is 4. The molecule has 1 unspecified atom stereocenters. The first kappa shape index (κ1) is 11.6. The molecule has 2 N–H and O–H groups in total. The number of amides is 1. The van der Waals surface area contributed by atoms with Crippen molar-refractivity contribution in [3.8, 4) is 0 Å². The summed E-state index contributed by atoms with van der Waals surface area (Å²) in [6.45, 7) is 3.81. The minimum absolute atomic E-state index is 0.158. The first-order valence-electron chi connectivity index (χ1n) is 5.79. The van der Waals surface area contributed by atoms with Gasteiger partial charge in [0.25, 0.3) is 0 Å². The van der Waals surface area contributed by atoms with Crippen molar-refractivity contribution in [2.75, 3.05) is 6.54 Å². The molecule has 1 fully saturated rings. The monoisotopic (exact) mass is 238 g/mol. The van der Waals surface area contributed by atoms with E-state index in [2.05, 4.69) is 29.7 Å². The van der Waals surface area contributed by atoms with Gasteiger partial charge in [-0.05, 0) is 38.4 Å². The average molecular weight is 238 g/mol. The SMILES string of the molecule is Cc1ccc(CNC(=O)CC2CCCN2)s1. The lowest BCUT2D eigenvalue weighted by atomic mass is 10.1. The molecule has 3 nitrogen and oxygen atoms in total. The second kappa shape index (κ2) is 5.46. The molecule has 0 bridgehead atoms. The first-order valence-corrected chi connectivity index (χ1v) is 6.61. The minimum atomic E-state index is 0.158. The molecule has 1 atom stereocenters. The summed E-state index contributed by atoms with van der Waals surface area (Å²) < 4.78 is 0. The van der Waals surface area contributed by atoms with Crippen molar-refractivity contribution in [3.63, 3.8) is 0 Å². The van der Waals surface area contributed by atoms with Crippen LogP contribution in [0, 0.1) is 6.92 Å². The fourth-order valence-corrected chi connectivity index (χ4v) is 2.82. The number of aryl methyl sites for hydroxylation is 1. The van der Waals surface area contributed by atoms with E-state index in [0.29, 0.717) is 19.0 Å². The van der Waals surface area contributed by atoms with Crippen LogP contribution in [0.3, 0.4) is 0 Å². The highest BCUT2D eigenvalue weighted by Crippen LogP contribution is 2.14. The largest absolute Gasteiger partial charge is 0.351 e. The smallest absolute Gasteiger partial charge is 0.221 e. The van der Waals surface area contributed by atoms with Gasteiger partial charge in [-0.25, -0.2) is 0 Å². The van der Waals surface area contributed by atoms with Crippen LogP contribution in [-0.4, -0.2) is 18.5 Å². The Hall–Kier alpha value is -0.870. The zero-order valence-electron chi connectivity index (χ0n) is 9.58. The van der Waals surface area contributed by atoms with Crippen molar-refractivity contribution in [2.24, 2.45) is 0 Å². The van der Waals surface area contributed by atoms with Crippen LogP contribution < -0.4 is 10.6 Å². The van der Waals surface area contributed by atoms with Crippen LogP contribution in [0.4, 0.5) is 0 Å². The third kappa shape index (κ3) is 3.32. The zero-order chi connectivity index (χ0) is 11.4. The Morgan fingerprint density at radius 3 is 3.12 bits per heavy atom. The van der Waals surface area contributed by atoms with Gasteiger partial charge in [-0.3, -0.25) is 4.79 Å². The van der Waals surface area contributed by atoms with Gasteiger partial charge in [0.2, 0.25) is 5.91 Å². The van der Waals surface area contributed by atoms with Gasteiger partial charge in [-0.2, -0.15) is 0 Å². The van der Waals surface area contributed by atoms with E-state index in [1.54, 1.807) is 11.3 Å². The predicted molar refractivity (Wildman–Crippen MR) is 66.5 cm³/mol. The lowest BCUT2D eigenvalue weighted by Crippen LogP contribution is -2.31. The summed E-state index contributed by atoms with van der Waals surface area (Å²) in [4.78, 5) is 14.2. The summed E-state index contributed by atoms with van der Waals surface area (Å²) in [5.41, 5.74) is 0. The van der Waals surface area contributed by atoms with Gasteiger partial charge in [0.05, 0.1) is 6.54 Å². The Bertz CT molecular complexity index is 356. The predicted octanol–water partition coefficient (Wildman–Crippen LogP) is 1.81. The Morgan fingerprint density at radius 2 is 2.50 bits per heavy atom. The van der Waals surface area contributed by atoms with Crippen molar-refractivity contribution in [2.45, 2.75) is 38.8 Å². The molecule has 0 aliphatic carbocycles. The summed E-state index contributed by atoms with van der Waals surface area (Å²) in [5.74, 6) is 0.158. The lowest BCUT2D eigenvalue weighted by Gasteiger charge is -2.09. The van der Waals surface area contributed by atoms with Gasteiger partial charge >= 0.3 is 0 Å². The molecular formula is C12H18N2OS. The molecule has 1 aliphatic heterocycles. The first-order chi connectivity index (χ1) is 7.74. The van der Waals surface area contributed by atoms with Crippen molar-refractivity contribution >= 4 is 17.2 Å². The van der Waals surface area contributed by atoms with E-state index in [0.717, 1.165) is 13.0 Å². The Kier molecular flexibility index (Phi) is 3.96. The van der Waals surface area contributed by atoms with Gasteiger partial charge in [-0.15, -0.1) is 11.3 Å². The third-order valence-corrected chi connectivity index (χ3v) is 3.85. The Labute approximate surface area is 100 Å². The maximum Gasteiger partial charge on any atom is 0.221 e. The molecule has 88 valence electrons. The Balaban J connectivity index is 1.71. The van der Waals surface area contributed by atoms with Crippen molar-refractivity contribution in [1.82, 2.24) is 10.6 Å². The van der Waals surface area contributed by atoms with E-state index in [4.69, 9.17) is 0 Å². The quantitative estimate of drug-likeness (QED) is 0.840. The maximum atomic E-state index is 11.6. The number of nitrogens with one attached hydrogen (secondary N) is 2. The summed E-state index contributed by atoms with van der Waals surface area (Å²) in [7, 11) is 0. The van der Waals surface area contributed by atoms with E-state index < -0.39 is 0 Å². The average Bonchev–Trinajstić information content (AvgIpc) is 2.87. The molecule has 0 saturated carbocycles. The minimum Gasteiger partial charge on any atom is -0.351 e. The Morgan fingerprint density at radius 1 is 1.62 bits per heavy atom. The summed E-state index contributed by atoms with van der Waals surface area (Å²) in [6, 6.07) is 4.56. The van der Waals surface area contributed by atoms with Crippen LogP contribution in [0.1, 0.15) is 29.0 Å². The van der Waals surface area contributed by atoms with Crippen LogP contribution in [0.25, 0.3) is 0 Å². The van der Waals surface area contributed by atoms with E-state index in [1.807, 2.05) is 0 Å². The molecule has 0 aromatic carbocycles. The van der Waals surface area contributed by atoms with Gasteiger partial charge in [0.1, 0.15) is 0 Å². The van der Waals surface area contributed by atoms with Crippen LogP contribution in [0.5, 0.6) is 0 Å². The molecule has 1 aliphatic rings. The molecular weight excluding hydrogens is 220 g/mol. The standard InChI is InChI=1S/C12H18N2OS/c1-9-4-5-11(16-9)8-14-12(15)7-10-3-2-6-13-10/h4-5,10,13H,2-3,6-8H2,1H3,(H,14,15). The molecule has 1 aromatic rings. The molecule has 16 heavy (non-hydrogen) atoms. The number of hydrogen-bond donors (Lipinski definition) is 2. The van der Waals surface area contributed by atoms with Crippen LogP contribution >= 0.6 is 11.3 Å². The second-order valence-corrected chi connectivity index (χ2v) is 5.66. The molecule has 0 spiro atoms. The molecule has 0 radical (unpaired) electrons. The number of hydrogen-bond acceptors (Lipinski definition) is 3. The van der Waals surface area contributed by atoms with Crippen molar-refractivity contribution in [1.29, 1.82) is 0 Å². The molecule has 4 heteroatoms. The number of carbonyl (C=O) groups excluding carboxylic acids is 1. The fraction of sp³-hybridized carbons (Fsp3) is 0.583. The summed E-state index contributed by atoms with van der Waals surface area (Å²) in [6.07, 6.45) is 2.94. The van der Waals surface area contributed by atoms with Gasteiger partial charge in [0, 0.05) is 22.2 Å². The van der Waals surface area contributed by atoms with Crippen LogP contribution in [-0.2, 0) is 11.3 Å². The maximum absolute atomic E-state index is 11.6. The van der Waals surface area contributed by atoms with Crippen LogP contribution in [0.2, 0.25) is 0 Å². The van der Waals surface area contributed by atoms with E-state index in [-0.39, 0.29) is 5.91 Å². The van der Waals surface area contributed by atoms with E-state index in [1.165, 1.54) is 16.2 Å². The third-order valence-electron chi connectivity index (χ3n) is 2.85. The van der Waals surface area contributed by atoms with E-state index >= 15 is 0 Å². The lowest BCUT2D eigenvalue weighted by molar-refractivity contribution is -0.121. The summed E-state index contributed by atoms with van der Waals surface area (Å²) >= 11 is 1.74. The molecule has 2 heterocycles. The zero-order valence-corrected chi connectivity index (χ0v) is 10.4. The molecule has 1 aromatic heterocycles. The molecule has 1 amide bonds. The van der Waals surface area contributed by atoms with Crippen molar-refractivity contribution in [3.05, 3.63) is 21.9 Å². The van der Waals surface area contributed by atoms with Gasteiger partial charge in [0.15, 0.2) is 0 Å². The highest BCUT2D eigenvalue weighted by Gasteiger charge is 2.17. The van der Waals surface area contributed by atoms with Gasteiger partial charge in [-0.1, -0.05) is 0 Å². The normalized spacial score (nSPS) is 19.9. The second-order valence-electron chi connectivity index (χ2n) is 4.29. The van der Waals surface area contributed by atoms with E-state index in [9.17, 15) is 4.79 Å². The van der Waals surface area contributed by atoms with Crippen molar-refractivity contribution < 1.29 is 4.79 Å².